The van der Waals surface area contributed by atoms with E-state index in [0.29, 0.717) is 22.5 Å². The maximum absolute atomic E-state index is 12.5. The largest absolute Gasteiger partial charge is 0.487 e. The van der Waals surface area contributed by atoms with Crippen LogP contribution in [0, 0.1) is 12.3 Å². The lowest BCUT2D eigenvalue weighted by molar-refractivity contribution is -0.127. The zero-order valence-electron chi connectivity index (χ0n) is 14.2. The molecule has 0 saturated carbocycles. The maximum atomic E-state index is 12.5. The Labute approximate surface area is 145 Å². The van der Waals surface area contributed by atoms with Crippen molar-refractivity contribution in [3.05, 3.63) is 53.1 Å². The number of hydrogen-bond acceptors (Lipinski definition) is 3. The minimum absolute atomic E-state index is 0.148. The first-order valence-corrected chi connectivity index (χ1v) is 7.78. The van der Waals surface area contributed by atoms with Crippen molar-refractivity contribution in [2.75, 3.05) is 13.2 Å². The number of nitrogens with zero attached hydrogens (tertiary/aromatic N) is 1. The lowest BCUT2D eigenvalue weighted by atomic mass is 10.0. The zero-order valence-corrected chi connectivity index (χ0v) is 14.2. The van der Waals surface area contributed by atoms with Crippen LogP contribution in [0.5, 0.6) is 5.75 Å². The summed E-state index contributed by atoms with van der Waals surface area (Å²) in [5, 5.41) is 7.61. The Morgan fingerprint density at radius 3 is 2.68 bits per heavy atom. The summed E-state index contributed by atoms with van der Waals surface area (Å²) >= 11 is 0. The molecule has 7 heteroatoms. The average molecular weight is 349 g/mol. The van der Waals surface area contributed by atoms with Gasteiger partial charge in [0.25, 0.3) is 12.3 Å². The SMILES string of the molecule is C=CC1=C(C(=N)N)CN(C(C)c2ccc(OCC(F)F)c(C)c2)C1=O. The third kappa shape index (κ3) is 3.87. The van der Waals surface area contributed by atoms with Gasteiger partial charge in [0.2, 0.25) is 0 Å². The first-order valence-electron chi connectivity index (χ1n) is 7.78. The van der Waals surface area contributed by atoms with Crippen molar-refractivity contribution in [1.29, 1.82) is 5.41 Å². The number of alkyl halides is 2. The molecular weight excluding hydrogens is 328 g/mol. The summed E-state index contributed by atoms with van der Waals surface area (Å²) < 4.78 is 29.6. The van der Waals surface area contributed by atoms with E-state index in [1.165, 1.54) is 6.08 Å². The highest BCUT2D eigenvalue weighted by molar-refractivity contribution is 6.10. The predicted molar refractivity (Wildman–Crippen MR) is 91.9 cm³/mol. The maximum Gasteiger partial charge on any atom is 0.272 e. The van der Waals surface area contributed by atoms with Gasteiger partial charge in [-0.15, -0.1) is 0 Å². The molecule has 0 saturated heterocycles. The molecule has 1 aromatic rings. The van der Waals surface area contributed by atoms with Gasteiger partial charge >= 0.3 is 0 Å². The van der Waals surface area contributed by atoms with Crippen molar-refractivity contribution in [2.45, 2.75) is 26.3 Å². The molecule has 0 aromatic heterocycles. The van der Waals surface area contributed by atoms with Gasteiger partial charge in [0.1, 0.15) is 18.2 Å². The summed E-state index contributed by atoms with van der Waals surface area (Å²) in [6, 6.07) is 4.89. The number of hydrogen-bond donors (Lipinski definition) is 2. The van der Waals surface area contributed by atoms with E-state index >= 15 is 0 Å². The molecule has 2 rings (SSSR count). The molecule has 134 valence electrons. The molecule has 1 aliphatic rings. The van der Waals surface area contributed by atoms with Crippen LogP contribution in [0.3, 0.4) is 0 Å². The van der Waals surface area contributed by atoms with Crippen LogP contribution >= 0.6 is 0 Å². The predicted octanol–water partition coefficient (Wildman–Crippen LogP) is 2.96. The van der Waals surface area contributed by atoms with Crippen molar-refractivity contribution in [3.63, 3.8) is 0 Å². The molecule has 0 aliphatic carbocycles. The van der Waals surface area contributed by atoms with E-state index in [9.17, 15) is 13.6 Å². The molecule has 5 nitrogen and oxygen atoms in total. The van der Waals surface area contributed by atoms with Crippen molar-refractivity contribution < 1.29 is 18.3 Å². The van der Waals surface area contributed by atoms with Gasteiger partial charge < -0.3 is 15.4 Å². The van der Waals surface area contributed by atoms with Gasteiger partial charge in [0.15, 0.2) is 0 Å². The van der Waals surface area contributed by atoms with E-state index in [1.807, 2.05) is 6.92 Å². The minimum Gasteiger partial charge on any atom is -0.487 e. The topological polar surface area (TPSA) is 79.4 Å². The van der Waals surface area contributed by atoms with Crippen molar-refractivity contribution in [1.82, 2.24) is 4.90 Å². The molecule has 3 N–H and O–H groups in total. The van der Waals surface area contributed by atoms with E-state index in [0.717, 1.165) is 5.56 Å². The van der Waals surface area contributed by atoms with Crippen LogP contribution in [0.25, 0.3) is 0 Å². The number of nitrogens with two attached hydrogens (primary N) is 1. The Hall–Kier alpha value is -2.70. The molecule has 0 spiro atoms. The van der Waals surface area contributed by atoms with Crippen LogP contribution < -0.4 is 10.5 Å². The second-order valence-corrected chi connectivity index (χ2v) is 5.85. The first kappa shape index (κ1) is 18.6. The smallest absolute Gasteiger partial charge is 0.272 e. The summed E-state index contributed by atoms with van der Waals surface area (Å²) in [4.78, 5) is 14.1. The number of amides is 1. The normalized spacial score (nSPS) is 15.7. The Balaban J connectivity index is 2.20. The molecule has 0 fully saturated rings. The lowest BCUT2D eigenvalue weighted by Gasteiger charge is -2.26. The molecule has 0 radical (unpaired) electrons. The highest BCUT2D eigenvalue weighted by atomic mass is 19.3. The number of nitrogens with one attached hydrogen (secondary N) is 1. The monoisotopic (exact) mass is 349 g/mol. The van der Waals surface area contributed by atoms with Gasteiger partial charge in [-0.1, -0.05) is 24.8 Å². The number of halogens is 2. The highest BCUT2D eigenvalue weighted by Gasteiger charge is 2.33. The lowest BCUT2D eigenvalue weighted by Crippen LogP contribution is -2.31. The molecule has 0 bridgehead atoms. The van der Waals surface area contributed by atoms with Crippen molar-refractivity contribution in [2.24, 2.45) is 5.73 Å². The first-order chi connectivity index (χ1) is 11.8. The summed E-state index contributed by atoms with van der Waals surface area (Å²) in [6.07, 6.45) is -1.12. The Kier molecular flexibility index (Phi) is 5.56. The summed E-state index contributed by atoms with van der Waals surface area (Å²) in [7, 11) is 0. The summed E-state index contributed by atoms with van der Waals surface area (Å²) in [5.41, 5.74) is 7.89. The van der Waals surface area contributed by atoms with Crippen LogP contribution in [0.2, 0.25) is 0 Å². The number of aryl methyl sites for hydroxylation is 1. The second-order valence-electron chi connectivity index (χ2n) is 5.85. The fourth-order valence-corrected chi connectivity index (χ4v) is 2.79. The van der Waals surface area contributed by atoms with Crippen LogP contribution in [0.1, 0.15) is 24.1 Å². The molecule has 1 amide bonds. The third-order valence-electron chi connectivity index (χ3n) is 4.19. The minimum atomic E-state index is -2.53. The molecule has 1 unspecified atom stereocenters. The average Bonchev–Trinajstić information content (AvgIpc) is 2.89. The van der Waals surface area contributed by atoms with Crippen LogP contribution in [0.4, 0.5) is 8.78 Å². The number of carbonyl (C=O) groups is 1. The van der Waals surface area contributed by atoms with Crippen molar-refractivity contribution in [3.8, 4) is 5.75 Å². The fourth-order valence-electron chi connectivity index (χ4n) is 2.79. The summed E-state index contributed by atoms with van der Waals surface area (Å²) in [6.45, 7) is 6.81. The van der Waals surface area contributed by atoms with Gasteiger partial charge in [-0.2, -0.15) is 0 Å². The Bertz CT molecular complexity index is 744. The summed E-state index contributed by atoms with van der Waals surface area (Å²) in [5.74, 6) is 0.00610. The number of amidine groups is 1. The molecule has 1 heterocycles. The molecule has 25 heavy (non-hydrogen) atoms. The quantitative estimate of drug-likeness (QED) is 0.587. The number of ether oxygens (including phenoxy) is 1. The zero-order chi connectivity index (χ0) is 18.7. The fraction of sp³-hybridized carbons (Fsp3) is 0.333. The molecule has 1 aromatic carbocycles. The van der Waals surface area contributed by atoms with Gasteiger partial charge in [0, 0.05) is 11.1 Å². The highest BCUT2D eigenvalue weighted by Crippen LogP contribution is 2.31. The van der Waals surface area contributed by atoms with Gasteiger partial charge in [-0.25, -0.2) is 8.78 Å². The molecule has 1 aliphatic heterocycles. The van der Waals surface area contributed by atoms with E-state index in [2.05, 4.69) is 6.58 Å². The van der Waals surface area contributed by atoms with Gasteiger partial charge in [0.05, 0.1) is 12.6 Å². The molecule has 1 atom stereocenters. The van der Waals surface area contributed by atoms with E-state index in [1.54, 1.807) is 30.0 Å². The van der Waals surface area contributed by atoms with Gasteiger partial charge in [-0.3, -0.25) is 10.2 Å². The molecular formula is C18H21F2N3O2. The Morgan fingerprint density at radius 2 is 2.20 bits per heavy atom. The van der Waals surface area contributed by atoms with E-state index in [-0.39, 0.29) is 24.3 Å². The Morgan fingerprint density at radius 1 is 1.52 bits per heavy atom. The number of benzene rings is 1. The van der Waals surface area contributed by atoms with Crippen molar-refractivity contribution >= 4 is 11.7 Å². The third-order valence-corrected chi connectivity index (χ3v) is 4.19. The van der Waals surface area contributed by atoms with Crippen LogP contribution in [-0.2, 0) is 4.79 Å². The standard InChI is InChI=1S/C18H21F2N3O2/c1-4-13-14(17(21)22)8-23(18(13)24)11(3)12-5-6-15(10(2)7-12)25-9-16(19)20/h4-7,11,16H,1,8-9H2,2-3H3,(H3,21,22). The number of rotatable bonds is 7. The van der Waals surface area contributed by atoms with Crippen LogP contribution in [0.15, 0.2) is 42.0 Å². The number of carbonyl (C=O) groups excluding carboxylic acids is 1. The van der Waals surface area contributed by atoms with Crippen LogP contribution in [-0.4, -0.2) is 36.2 Å². The second kappa shape index (κ2) is 7.46. The van der Waals surface area contributed by atoms with E-state index < -0.39 is 13.0 Å². The van der Waals surface area contributed by atoms with Gasteiger partial charge in [-0.05, 0) is 31.0 Å². The van der Waals surface area contributed by atoms with E-state index in [4.69, 9.17) is 15.9 Å².